The molecule has 3 heteroatoms. The van der Waals surface area contributed by atoms with E-state index >= 15 is 0 Å². The molecule has 0 saturated heterocycles. The molecule has 0 bridgehead atoms. The summed E-state index contributed by atoms with van der Waals surface area (Å²) in [7, 11) is 0. The van der Waals surface area contributed by atoms with Crippen LogP contribution in [0.15, 0.2) is 36.4 Å². The molecule has 2 rings (SSSR count). The molecule has 0 aliphatic rings. The van der Waals surface area contributed by atoms with Crippen molar-refractivity contribution in [2.45, 2.75) is 18.7 Å². The maximum absolute atomic E-state index is 12.9. The average molecular weight is 328 g/mol. The topological polar surface area (TPSA) is 0 Å². The fraction of sp³-hybridized carbons (Fsp3) is 0.200. The molecule has 0 heterocycles. The quantitative estimate of drug-likeness (QED) is 0.632. The lowest BCUT2D eigenvalue weighted by atomic mass is 10.0. The van der Waals surface area contributed by atoms with E-state index in [-0.39, 0.29) is 10.6 Å². The van der Waals surface area contributed by atoms with E-state index in [9.17, 15) is 4.39 Å². The number of hydrogen-bond acceptors (Lipinski definition) is 0. The second kappa shape index (κ2) is 5.41. The lowest BCUT2D eigenvalue weighted by molar-refractivity contribution is 0.627. The molecule has 0 N–H and O–H groups in total. The second-order valence-electron chi connectivity index (χ2n) is 4.37. The molecule has 0 fully saturated rings. The lowest BCUT2D eigenvalue weighted by Gasteiger charge is -2.14. The predicted octanol–water partition coefficient (Wildman–Crippen LogP) is 5.58. The number of benzene rings is 2. The SMILES string of the molecule is Cc1cc(Cl)c(C(Br)c2ccc(F)cc2)cc1C. The van der Waals surface area contributed by atoms with Gasteiger partial charge >= 0.3 is 0 Å². The molecule has 0 aliphatic heterocycles. The van der Waals surface area contributed by atoms with Crippen LogP contribution in [0.2, 0.25) is 5.02 Å². The van der Waals surface area contributed by atoms with E-state index in [2.05, 4.69) is 28.9 Å². The second-order valence-corrected chi connectivity index (χ2v) is 5.69. The molecule has 94 valence electrons. The van der Waals surface area contributed by atoms with Gasteiger partial charge < -0.3 is 0 Å². The van der Waals surface area contributed by atoms with Crippen LogP contribution in [0.5, 0.6) is 0 Å². The van der Waals surface area contributed by atoms with Gasteiger partial charge in [0, 0.05) is 5.02 Å². The molecule has 1 unspecified atom stereocenters. The summed E-state index contributed by atoms with van der Waals surface area (Å²) in [5.41, 5.74) is 4.36. The Morgan fingerprint density at radius 3 is 2.22 bits per heavy atom. The molecule has 0 nitrogen and oxygen atoms in total. The van der Waals surface area contributed by atoms with Gasteiger partial charge in [0.15, 0.2) is 0 Å². The van der Waals surface area contributed by atoms with Crippen LogP contribution in [-0.2, 0) is 0 Å². The van der Waals surface area contributed by atoms with Gasteiger partial charge in [0.25, 0.3) is 0 Å². The number of rotatable bonds is 2. The van der Waals surface area contributed by atoms with Crippen LogP contribution in [0.1, 0.15) is 27.1 Å². The molecular formula is C15H13BrClF. The highest BCUT2D eigenvalue weighted by Crippen LogP contribution is 2.36. The Morgan fingerprint density at radius 1 is 1.06 bits per heavy atom. The Bertz CT molecular complexity index is 563. The first-order valence-corrected chi connectivity index (χ1v) is 6.94. The fourth-order valence-corrected chi connectivity index (χ4v) is 2.95. The van der Waals surface area contributed by atoms with Crippen molar-refractivity contribution in [3.63, 3.8) is 0 Å². The van der Waals surface area contributed by atoms with Gasteiger partial charge in [-0.2, -0.15) is 0 Å². The standard InChI is InChI=1S/C15H13BrClF/c1-9-7-13(14(17)8-10(9)2)15(16)11-3-5-12(18)6-4-11/h3-8,15H,1-2H3. The van der Waals surface area contributed by atoms with Gasteiger partial charge in [-0.25, -0.2) is 4.39 Å². The van der Waals surface area contributed by atoms with Crippen molar-refractivity contribution in [3.05, 3.63) is 69.5 Å². The Balaban J connectivity index is 2.42. The third kappa shape index (κ3) is 2.76. The summed E-state index contributed by atoms with van der Waals surface area (Å²) >= 11 is 9.89. The summed E-state index contributed by atoms with van der Waals surface area (Å²) in [6.45, 7) is 4.09. The summed E-state index contributed by atoms with van der Waals surface area (Å²) in [6, 6.07) is 10.5. The minimum Gasteiger partial charge on any atom is -0.207 e. The van der Waals surface area contributed by atoms with E-state index in [0.717, 1.165) is 16.1 Å². The van der Waals surface area contributed by atoms with Gasteiger partial charge in [0.05, 0.1) is 4.83 Å². The van der Waals surface area contributed by atoms with Crippen molar-refractivity contribution < 1.29 is 4.39 Å². The minimum absolute atomic E-state index is 0.0232. The largest absolute Gasteiger partial charge is 0.207 e. The van der Waals surface area contributed by atoms with Crippen molar-refractivity contribution in [2.75, 3.05) is 0 Å². The summed E-state index contributed by atoms with van der Waals surface area (Å²) in [4.78, 5) is -0.0232. The fourth-order valence-electron chi connectivity index (χ4n) is 1.81. The van der Waals surface area contributed by atoms with Crippen molar-refractivity contribution in [3.8, 4) is 0 Å². The van der Waals surface area contributed by atoms with Gasteiger partial charge in [-0.3, -0.25) is 0 Å². The molecule has 0 amide bonds. The van der Waals surface area contributed by atoms with E-state index in [1.165, 1.54) is 23.3 Å². The van der Waals surface area contributed by atoms with Crippen LogP contribution in [0.4, 0.5) is 4.39 Å². The van der Waals surface area contributed by atoms with Crippen LogP contribution in [-0.4, -0.2) is 0 Å². The molecule has 0 saturated carbocycles. The van der Waals surface area contributed by atoms with Crippen molar-refractivity contribution in [1.82, 2.24) is 0 Å². The molecule has 18 heavy (non-hydrogen) atoms. The Kier molecular flexibility index (Phi) is 4.08. The van der Waals surface area contributed by atoms with Gasteiger partial charge in [-0.05, 0) is 54.3 Å². The highest BCUT2D eigenvalue weighted by Gasteiger charge is 2.15. The molecule has 0 aromatic heterocycles. The molecular weight excluding hydrogens is 315 g/mol. The summed E-state index contributed by atoms with van der Waals surface area (Å²) in [6.07, 6.45) is 0. The molecule has 2 aromatic carbocycles. The van der Waals surface area contributed by atoms with E-state index < -0.39 is 0 Å². The van der Waals surface area contributed by atoms with Crippen LogP contribution in [0, 0.1) is 19.7 Å². The summed E-state index contributed by atoms with van der Waals surface area (Å²) in [5, 5.41) is 0.726. The number of alkyl halides is 1. The van der Waals surface area contributed by atoms with E-state index in [4.69, 9.17) is 11.6 Å². The van der Waals surface area contributed by atoms with Gasteiger partial charge in [0.2, 0.25) is 0 Å². The van der Waals surface area contributed by atoms with Crippen LogP contribution in [0.25, 0.3) is 0 Å². The summed E-state index contributed by atoms with van der Waals surface area (Å²) < 4.78 is 12.9. The molecule has 0 radical (unpaired) electrons. The van der Waals surface area contributed by atoms with Crippen molar-refractivity contribution in [2.24, 2.45) is 0 Å². The number of aryl methyl sites for hydroxylation is 2. The average Bonchev–Trinajstić information content (AvgIpc) is 2.34. The predicted molar refractivity (Wildman–Crippen MR) is 78.1 cm³/mol. The number of hydrogen-bond donors (Lipinski definition) is 0. The molecule has 0 spiro atoms. The van der Waals surface area contributed by atoms with Crippen LogP contribution >= 0.6 is 27.5 Å². The van der Waals surface area contributed by atoms with Gasteiger partial charge in [0.1, 0.15) is 5.82 Å². The lowest BCUT2D eigenvalue weighted by Crippen LogP contribution is -1.96. The maximum Gasteiger partial charge on any atom is 0.123 e. The maximum atomic E-state index is 12.9. The van der Waals surface area contributed by atoms with Gasteiger partial charge in [-0.1, -0.05) is 45.7 Å². The summed E-state index contributed by atoms with van der Waals surface area (Å²) in [5.74, 6) is -0.232. The Morgan fingerprint density at radius 2 is 1.61 bits per heavy atom. The molecule has 1 atom stereocenters. The smallest absolute Gasteiger partial charge is 0.123 e. The van der Waals surface area contributed by atoms with E-state index in [1.54, 1.807) is 12.1 Å². The monoisotopic (exact) mass is 326 g/mol. The highest BCUT2D eigenvalue weighted by atomic mass is 79.9. The minimum atomic E-state index is -0.232. The van der Waals surface area contributed by atoms with E-state index in [0.29, 0.717) is 0 Å². The van der Waals surface area contributed by atoms with E-state index in [1.807, 2.05) is 13.0 Å². The third-order valence-electron chi connectivity index (χ3n) is 3.05. The Hall–Kier alpha value is -0.860. The first kappa shape index (κ1) is 13.6. The normalized spacial score (nSPS) is 12.5. The van der Waals surface area contributed by atoms with Crippen LogP contribution < -0.4 is 0 Å². The van der Waals surface area contributed by atoms with Gasteiger partial charge in [-0.15, -0.1) is 0 Å². The third-order valence-corrected chi connectivity index (χ3v) is 4.40. The Labute approximate surface area is 120 Å². The zero-order valence-electron chi connectivity index (χ0n) is 10.2. The zero-order valence-corrected chi connectivity index (χ0v) is 12.5. The van der Waals surface area contributed by atoms with Crippen molar-refractivity contribution >= 4 is 27.5 Å². The molecule has 2 aromatic rings. The first-order valence-electron chi connectivity index (χ1n) is 5.65. The number of halogens is 3. The van der Waals surface area contributed by atoms with Crippen molar-refractivity contribution in [1.29, 1.82) is 0 Å². The first-order chi connectivity index (χ1) is 8.49. The zero-order chi connectivity index (χ0) is 13.3. The molecule has 0 aliphatic carbocycles. The highest BCUT2D eigenvalue weighted by molar-refractivity contribution is 9.09. The van der Waals surface area contributed by atoms with Crippen LogP contribution in [0.3, 0.4) is 0 Å².